The largest absolute Gasteiger partial charge is 0.481 e. The summed E-state index contributed by atoms with van der Waals surface area (Å²) < 4.78 is 29.5. The van der Waals surface area contributed by atoms with Crippen LogP contribution in [0.1, 0.15) is 6.92 Å². The van der Waals surface area contributed by atoms with Gasteiger partial charge in [0.2, 0.25) is 0 Å². The Morgan fingerprint density at radius 3 is 2.48 bits per heavy atom. The zero-order valence-corrected chi connectivity index (χ0v) is 16.2. The number of halogens is 2. The van der Waals surface area contributed by atoms with Crippen LogP contribution in [0.3, 0.4) is 0 Å². The van der Waals surface area contributed by atoms with E-state index in [0.29, 0.717) is 15.7 Å². The van der Waals surface area contributed by atoms with Gasteiger partial charge in [0.15, 0.2) is 9.84 Å². The van der Waals surface area contributed by atoms with E-state index in [2.05, 4.69) is 0 Å². The molecule has 0 aliphatic rings. The van der Waals surface area contributed by atoms with Gasteiger partial charge in [-0.25, -0.2) is 8.42 Å². The third-order valence-corrected chi connectivity index (χ3v) is 6.42. The fourth-order valence-electron chi connectivity index (χ4n) is 1.86. The van der Waals surface area contributed by atoms with Crippen LogP contribution in [0.2, 0.25) is 10.0 Å². The van der Waals surface area contributed by atoms with Crippen molar-refractivity contribution in [3.05, 3.63) is 46.4 Å². The first-order valence-electron chi connectivity index (χ1n) is 7.07. The number of benzene rings is 2. The van der Waals surface area contributed by atoms with Gasteiger partial charge in [-0.2, -0.15) is 0 Å². The summed E-state index contributed by atoms with van der Waals surface area (Å²) in [6, 6.07) is 9.00. The molecule has 0 saturated heterocycles. The minimum Gasteiger partial charge on any atom is -0.481 e. The van der Waals surface area contributed by atoms with E-state index in [0.717, 1.165) is 11.8 Å². The number of hydrogen-bond acceptors (Lipinski definition) is 5. The Labute approximate surface area is 159 Å². The van der Waals surface area contributed by atoms with E-state index in [1.807, 2.05) is 0 Å². The molecule has 0 aliphatic heterocycles. The van der Waals surface area contributed by atoms with Crippen molar-refractivity contribution in [1.29, 1.82) is 0 Å². The van der Waals surface area contributed by atoms with Gasteiger partial charge in [-0.15, -0.1) is 11.8 Å². The van der Waals surface area contributed by atoms with Crippen molar-refractivity contribution in [2.75, 3.05) is 11.5 Å². The summed E-state index contributed by atoms with van der Waals surface area (Å²) in [6.45, 7) is 1.55. The molecule has 0 bridgehead atoms. The van der Waals surface area contributed by atoms with Gasteiger partial charge in [0.05, 0.1) is 26.3 Å². The average Bonchev–Trinajstić information content (AvgIpc) is 2.55. The number of aliphatic carboxylic acids is 1. The first kappa shape index (κ1) is 19.9. The predicted molar refractivity (Wildman–Crippen MR) is 99.1 cm³/mol. The van der Waals surface area contributed by atoms with E-state index in [-0.39, 0.29) is 27.2 Å². The SMILES string of the molecule is CCS(=O)(=O)c1ccc(Oc2cc(Cl)ccc2SCC(=O)O)c(Cl)c1. The molecule has 9 heteroatoms. The zero-order valence-electron chi connectivity index (χ0n) is 13.0. The quantitative estimate of drug-likeness (QED) is 0.650. The molecule has 2 aromatic rings. The normalized spacial score (nSPS) is 11.3. The monoisotopic (exact) mass is 420 g/mol. The highest BCUT2D eigenvalue weighted by Crippen LogP contribution is 2.38. The molecule has 1 N–H and O–H groups in total. The van der Waals surface area contributed by atoms with Crippen molar-refractivity contribution in [1.82, 2.24) is 0 Å². The summed E-state index contributed by atoms with van der Waals surface area (Å²) >= 11 is 13.2. The summed E-state index contributed by atoms with van der Waals surface area (Å²) in [5, 5.41) is 9.36. The van der Waals surface area contributed by atoms with Crippen LogP contribution >= 0.6 is 35.0 Å². The maximum atomic E-state index is 11.9. The van der Waals surface area contributed by atoms with Gasteiger partial charge in [-0.1, -0.05) is 30.1 Å². The molecule has 0 aromatic heterocycles. The Morgan fingerprint density at radius 1 is 1.16 bits per heavy atom. The molecule has 5 nitrogen and oxygen atoms in total. The van der Waals surface area contributed by atoms with Crippen molar-refractivity contribution in [2.45, 2.75) is 16.7 Å². The van der Waals surface area contributed by atoms with Crippen molar-refractivity contribution >= 4 is 50.8 Å². The lowest BCUT2D eigenvalue weighted by atomic mass is 10.3. The van der Waals surface area contributed by atoms with Gasteiger partial charge >= 0.3 is 5.97 Å². The van der Waals surface area contributed by atoms with Gasteiger partial charge in [-0.05, 0) is 30.3 Å². The molecule has 0 spiro atoms. The summed E-state index contributed by atoms with van der Waals surface area (Å²) in [5.74, 6) is -0.548. The van der Waals surface area contributed by atoms with Crippen LogP contribution in [-0.2, 0) is 14.6 Å². The Morgan fingerprint density at radius 2 is 1.88 bits per heavy atom. The van der Waals surface area contributed by atoms with Crippen LogP contribution in [-0.4, -0.2) is 31.0 Å². The van der Waals surface area contributed by atoms with Crippen molar-refractivity contribution in [3.8, 4) is 11.5 Å². The number of hydrogen-bond donors (Lipinski definition) is 1. The Hall–Kier alpha value is -1.41. The second-order valence-electron chi connectivity index (χ2n) is 4.87. The third-order valence-electron chi connectivity index (χ3n) is 3.12. The van der Waals surface area contributed by atoms with Crippen LogP contribution in [0.15, 0.2) is 46.2 Å². The molecule has 2 rings (SSSR count). The number of carboxylic acids is 1. The maximum absolute atomic E-state index is 11.9. The summed E-state index contributed by atoms with van der Waals surface area (Å²) in [5.41, 5.74) is 0. The minimum absolute atomic E-state index is 0.0339. The average molecular weight is 421 g/mol. The van der Waals surface area contributed by atoms with Gasteiger partial charge in [0.25, 0.3) is 0 Å². The molecule has 0 atom stereocenters. The van der Waals surface area contributed by atoms with Crippen LogP contribution in [0.4, 0.5) is 0 Å². The summed E-state index contributed by atoms with van der Waals surface area (Å²) in [7, 11) is -3.37. The van der Waals surface area contributed by atoms with Crippen LogP contribution in [0, 0.1) is 0 Å². The van der Waals surface area contributed by atoms with Gasteiger partial charge < -0.3 is 9.84 Å². The van der Waals surface area contributed by atoms with Gasteiger partial charge in [0.1, 0.15) is 11.5 Å². The van der Waals surface area contributed by atoms with Gasteiger partial charge in [0, 0.05) is 11.1 Å². The van der Waals surface area contributed by atoms with E-state index >= 15 is 0 Å². The fourth-order valence-corrected chi connectivity index (χ4v) is 3.90. The fraction of sp³-hybridized carbons (Fsp3) is 0.188. The predicted octanol–water partition coefficient (Wildman–Crippen LogP) is 4.76. The first-order chi connectivity index (χ1) is 11.7. The van der Waals surface area contributed by atoms with E-state index in [4.69, 9.17) is 33.0 Å². The van der Waals surface area contributed by atoms with E-state index in [1.54, 1.807) is 25.1 Å². The minimum atomic E-state index is -3.37. The van der Waals surface area contributed by atoms with E-state index in [9.17, 15) is 13.2 Å². The molecular weight excluding hydrogens is 407 g/mol. The number of ether oxygens (including phenoxy) is 1. The molecule has 0 amide bonds. The Balaban J connectivity index is 2.33. The van der Waals surface area contributed by atoms with E-state index in [1.165, 1.54) is 18.2 Å². The van der Waals surface area contributed by atoms with Crippen LogP contribution in [0.5, 0.6) is 11.5 Å². The smallest absolute Gasteiger partial charge is 0.313 e. The third kappa shape index (κ3) is 5.28. The highest BCUT2D eigenvalue weighted by Gasteiger charge is 2.16. The lowest BCUT2D eigenvalue weighted by molar-refractivity contribution is -0.133. The van der Waals surface area contributed by atoms with Crippen LogP contribution in [0.25, 0.3) is 0 Å². The van der Waals surface area contributed by atoms with Crippen molar-refractivity contribution in [3.63, 3.8) is 0 Å². The highest BCUT2D eigenvalue weighted by molar-refractivity contribution is 8.00. The molecule has 0 fully saturated rings. The first-order valence-corrected chi connectivity index (χ1v) is 10.5. The molecule has 2 aromatic carbocycles. The summed E-state index contributed by atoms with van der Waals surface area (Å²) in [6.07, 6.45) is 0. The topological polar surface area (TPSA) is 80.7 Å². The second-order valence-corrected chi connectivity index (χ2v) is 9.01. The molecule has 0 unspecified atom stereocenters. The summed E-state index contributed by atoms with van der Waals surface area (Å²) in [4.78, 5) is 11.4. The molecule has 134 valence electrons. The van der Waals surface area contributed by atoms with E-state index < -0.39 is 15.8 Å². The lowest BCUT2D eigenvalue weighted by Gasteiger charge is -2.13. The number of rotatable bonds is 7. The highest BCUT2D eigenvalue weighted by atomic mass is 35.5. The lowest BCUT2D eigenvalue weighted by Crippen LogP contribution is -2.03. The van der Waals surface area contributed by atoms with Crippen molar-refractivity contribution in [2.24, 2.45) is 0 Å². The molecular formula is C16H14Cl2O5S2. The maximum Gasteiger partial charge on any atom is 0.313 e. The Bertz CT molecular complexity index is 897. The molecule has 0 aliphatic carbocycles. The zero-order chi connectivity index (χ0) is 18.6. The number of thioether (sulfide) groups is 1. The number of sulfone groups is 1. The standard InChI is InChI=1S/C16H14Cl2O5S2/c1-2-25(21,22)11-4-5-13(12(18)8-11)23-14-7-10(17)3-6-15(14)24-9-16(19)20/h3-8H,2,9H2,1H3,(H,19,20). The van der Waals surface area contributed by atoms with Crippen molar-refractivity contribution < 1.29 is 23.1 Å². The second kappa shape index (κ2) is 8.31. The number of carbonyl (C=O) groups is 1. The van der Waals surface area contributed by atoms with Gasteiger partial charge in [-0.3, -0.25) is 4.79 Å². The Kier molecular flexibility index (Phi) is 6.62. The van der Waals surface area contributed by atoms with Crippen LogP contribution < -0.4 is 4.74 Å². The molecule has 0 saturated carbocycles. The molecule has 0 radical (unpaired) electrons. The molecule has 0 heterocycles. The number of carboxylic acid groups (broad SMARTS) is 1. The molecule has 25 heavy (non-hydrogen) atoms.